The second-order valence-electron chi connectivity index (χ2n) is 3.24. The van der Waals surface area contributed by atoms with Crippen LogP contribution in [-0.4, -0.2) is 15.6 Å². The van der Waals surface area contributed by atoms with Crippen LogP contribution >= 0.6 is 0 Å². The highest BCUT2D eigenvalue weighted by atomic mass is 19.4. The number of hydrogen-bond acceptors (Lipinski definition) is 2. The summed E-state index contributed by atoms with van der Waals surface area (Å²) in [7, 11) is 1.21. The Morgan fingerprint density at radius 1 is 1.44 bits per heavy atom. The Labute approximate surface area is 87.9 Å². The highest BCUT2D eigenvalue weighted by molar-refractivity contribution is 5.89. The second-order valence-corrected chi connectivity index (χ2v) is 3.24. The summed E-state index contributed by atoms with van der Waals surface area (Å²) >= 11 is 0. The molecule has 1 aromatic rings. The number of nitrogens with zero attached hydrogens (tertiary/aromatic N) is 1. The van der Waals surface area contributed by atoms with Gasteiger partial charge >= 0.3 is 12.1 Å². The normalized spacial score (nSPS) is 11.6. The third kappa shape index (κ3) is 1.93. The molecule has 0 saturated carbocycles. The summed E-state index contributed by atoms with van der Waals surface area (Å²) in [4.78, 5) is 22.0. The lowest BCUT2D eigenvalue weighted by Crippen LogP contribution is -2.30. The number of carboxylic acid groups (broad SMARTS) is 1. The smallest absolute Gasteiger partial charge is 0.417 e. The number of pyridine rings is 1. The van der Waals surface area contributed by atoms with Crippen molar-refractivity contribution in [2.75, 3.05) is 0 Å². The van der Waals surface area contributed by atoms with Gasteiger partial charge in [-0.2, -0.15) is 13.2 Å². The van der Waals surface area contributed by atoms with Crippen LogP contribution in [0.15, 0.2) is 10.9 Å². The monoisotopic (exact) mass is 235 g/mol. The molecule has 1 heterocycles. The number of carbonyl (C=O) groups is 1. The first-order valence-electron chi connectivity index (χ1n) is 4.17. The van der Waals surface area contributed by atoms with Crippen molar-refractivity contribution in [3.8, 4) is 0 Å². The summed E-state index contributed by atoms with van der Waals surface area (Å²) in [6.07, 6.45) is -4.86. The Kier molecular flexibility index (Phi) is 2.81. The molecule has 1 rings (SSSR count). The molecule has 1 N–H and O–H groups in total. The molecule has 0 aliphatic rings. The maximum atomic E-state index is 12.5. The molecule has 0 aliphatic heterocycles. The van der Waals surface area contributed by atoms with E-state index < -0.39 is 28.8 Å². The Balaban J connectivity index is 3.75. The first-order chi connectivity index (χ1) is 7.16. The van der Waals surface area contributed by atoms with E-state index >= 15 is 0 Å². The highest BCUT2D eigenvalue weighted by Gasteiger charge is 2.37. The number of hydrogen-bond donors (Lipinski definition) is 1. The molecule has 0 bridgehead atoms. The van der Waals surface area contributed by atoms with Gasteiger partial charge in [-0.1, -0.05) is 0 Å². The van der Waals surface area contributed by atoms with E-state index in [0.717, 1.165) is 4.57 Å². The Hall–Kier alpha value is -1.79. The number of carboxylic acids is 1. The van der Waals surface area contributed by atoms with Crippen LogP contribution in [0.5, 0.6) is 0 Å². The van der Waals surface area contributed by atoms with Gasteiger partial charge < -0.3 is 9.67 Å². The average molecular weight is 235 g/mol. The van der Waals surface area contributed by atoms with Gasteiger partial charge in [-0.3, -0.25) is 4.79 Å². The topological polar surface area (TPSA) is 59.3 Å². The van der Waals surface area contributed by atoms with E-state index in [9.17, 15) is 22.8 Å². The van der Waals surface area contributed by atoms with Crippen molar-refractivity contribution in [3.05, 3.63) is 33.2 Å². The van der Waals surface area contributed by atoms with E-state index in [4.69, 9.17) is 5.11 Å². The molecule has 0 spiro atoms. The van der Waals surface area contributed by atoms with Crippen LogP contribution in [0.25, 0.3) is 0 Å². The molecule has 0 aromatic carbocycles. The molecule has 0 atom stereocenters. The van der Waals surface area contributed by atoms with Crippen LogP contribution in [-0.2, 0) is 13.2 Å². The molecular formula is C9H8F3NO3. The molecular weight excluding hydrogens is 227 g/mol. The van der Waals surface area contributed by atoms with Crippen molar-refractivity contribution >= 4 is 5.97 Å². The standard InChI is InChI=1S/C9H8F3NO3/c1-4-3-5(9(10,11)12)6(8(15)16)7(14)13(4)2/h3H,1-2H3,(H,15,16). The SMILES string of the molecule is Cc1cc(C(F)(F)F)c(C(=O)O)c(=O)n1C. The Morgan fingerprint density at radius 2 is 1.94 bits per heavy atom. The number of aromatic carboxylic acids is 1. The van der Waals surface area contributed by atoms with E-state index in [2.05, 4.69) is 0 Å². The predicted octanol–water partition coefficient (Wildman–Crippen LogP) is 1.41. The van der Waals surface area contributed by atoms with Crippen molar-refractivity contribution < 1.29 is 23.1 Å². The van der Waals surface area contributed by atoms with Gasteiger partial charge in [0.25, 0.3) is 5.56 Å². The zero-order valence-corrected chi connectivity index (χ0v) is 8.42. The van der Waals surface area contributed by atoms with Crippen molar-refractivity contribution in [1.29, 1.82) is 0 Å². The quantitative estimate of drug-likeness (QED) is 0.800. The minimum absolute atomic E-state index is 0.0438. The van der Waals surface area contributed by atoms with Crippen LogP contribution in [0, 0.1) is 6.92 Å². The van der Waals surface area contributed by atoms with Gasteiger partial charge in [0.15, 0.2) is 0 Å². The summed E-state index contributed by atoms with van der Waals surface area (Å²) < 4.78 is 38.3. The number of aryl methyl sites for hydroxylation is 1. The summed E-state index contributed by atoms with van der Waals surface area (Å²) in [5.41, 5.74) is -3.79. The van der Waals surface area contributed by atoms with Gasteiger partial charge in [0.1, 0.15) is 5.56 Å². The minimum atomic E-state index is -4.86. The van der Waals surface area contributed by atoms with E-state index in [1.807, 2.05) is 0 Å². The molecule has 1 aromatic heterocycles. The number of halogens is 3. The fourth-order valence-corrected chi connectivity index (χ4v) is 1.25. The van der Waals surface area contributed by atoms with E-state index in [1.54, 1.807) is 0 Å². The first-order valence-corrected chi connectivity index (χ1v) is 4.17. The lowest BCUT2D eigenvalue weighted by atomic mass is 10.1. The van der Waals surface area contributed by atoms with Crippen molar-refractivity contribution in [2.45, 2.75) is 13.1 Å². The zero-order valence-electron chi connectivity index (χ0n) is 8.42. The third-order valence-electron chi connectivity index (χ3n) is 2.19. The fourth-order valence-electron chi connectivity index (χ4n) is 1.25. The van der Waals surface area contributed by atoms with Crippen molar-refractivity contribution in [2.24, 2.45) is 7.05 Å². The van der Waals surface area contributed by atoms with E-state index in [0.29, 0.717) is 6.07 Å². The first kappa shape index (κ1) is 12.3. The maximum absolute atomic E-state index is 12.5. The average Bonchev–Trinajstić information content (AvgIpc) is 2.11. The molecule has 4 nitrogen and oxygen atoms in total. The van der Waals surface area contributed by atoms with Gasteiger partial charge in [-0.05, 0) is 13.0 Å². The highest BCUT2D eigenvalue weighted by Crippen LogP contribution is 2.31. The second kappa shape index (κ2) is 3.66. The number of alkyl halides is 3. The predicted molar refractivity (Wildman–Crippen MR) is 48.4 cm³/mol. The zero-order chi connectivity index (χ0) is 12.7. The van der Waals surface area contributed by atoms with Crippen molar-refractivity contribution in [1.82, 2.24) is 4.57 Å². The van der Waals surface area contributed by atoms with Gasteiger partial charge in [0.2, 0.25) is 0 Å². The molecule has 0 unspecified atom stereocenters. The third-order valence-corrected chi connectivity index (χ3v) is 2.19. The largest absolute Gasteiger partial charge is 0.477 e. The molecule has 0 aliphatic carbocycles. The van der Waals surface area contributed by atoms with Gasteiger partial charge in [0.05, 0.1) is 5.56 Å². The summed E-state index contributed by atoms with van der Waals surface area (Å²) in [6, 6.07) is 0.644. The lowest BCUT2D eigenvalue weighted by molar-refractivity contribution is -0.138. The molecule has 0 amide bonds. The van der Waals surface area contributed by atoms with Crippen LogP contribution in [0.1, 0.15) is 21.6 Å². The van der Waals surface area contributed by atoms with E-state index in [-0.39, 0.29) is 5.69 Å². The minimum Gasteiger partial charge on any atom is -0.477 e. The fraction of sp³-hybridized carbons (Fsp3) is 0.333. The van der Waals surface area contributed by atoms with Crippen LogP contribution in [0.2, 0.25) is 0 Å². The van der Waals surface area contributed by atoms with Crippen LogP contribution in [0.3, 0.4) is 0 Å². The molecule has 88 valence electrons. The summed E-state index contributed by atoms with van der Waals surface area (Å²) in [6.45, 7) is 1.29. The molecule has 0 radical (unpaired) electrons. The molecule has 0 saturated heterocycles. The van der Waals surface area contributed by atoms with E-state index in [1.165, 1.54) is 14.0 Å². The summed E-state index contributed by atoms with van der Waals surface area (Å²) in [5.74, 6) is -1.88. The van der Waals surface area contributed by atoms with Gasteiger partial charge in [-0.15, -0.1) is 0 Å². The lowest BCUT2D eigenvalue weighted by Gasteiger charge is -2.13. The molecule has 7 heteroatoms. The van der Waals surface area contributed by atoms with Gasteiger partial charge in [0, 0.05) is 12.7 Å². The Bertz CT molecular complexity index is 502. The van der Waals surface area contributed by atoms with Crippen molar-refractivity contribution in [3.63, 3.8) is 0 Å². The van der Waals surface area contributed by atoms with Gasteiger partial charge in [-0.25, -0.2) is 4.79 Å². The Morgan fingerprint density at radius 3 is 2.31 bits per heavy atom. The molecule has 16 heavy (non-hydrogen) atoms. The maximum Gasteiger partial charge on any atom is 0.417 e. The number of rotatable bonds is 1. The summed E-state index contributed by atoms with van der Waals surface area (Å²) in [5, 5.41) is 8.61. The number of aromatic nitrogens is 1. The van der Waals surface area contributed by atoms with Crippen LogP contribution in [0.4, 0.5) is 13.2 Å². The van der Waals surface area contributed by atoms with Crippen LogP contribution < -0.4 is 5.56 Å². The molecule has 0 fully saturated rings.